The Hall–Kier alpha value is -1.96. The van der Waals surface area contributed by atoms with E-state index >= 15 is 0 Å². The summed E-state index contributed by atoms with van der Waals surface area (Å²) in [4.78, 5) is 16.9. The standard InChI is InChI=1S/C19H24ClN5O2/c20-16-4-1-3-15(11-16)12-23-6-8-24(9-7-23)19(26)18-14-25(22-21-18)13-17-5-2-10-27-17/h1,3-4,11,14,17H,2,5-10,12-13H2. The number of hydrogen-bond donors (Lipinski definition) is 0. The second kappa shape index (κ2) is 8.37. The molecule has 2 aromatic rings. The van der Waals surface area contributed by atoms with Gasteiger partial charge in [0.2, 0.25) is 0 Å². The molecule has 4 rings (SSSR count). The molecule has 8 heteroatoms. The molecule has 0 bridgehead atoms. The van der Waals surface area contributed by atoms with Gasteiger partial charge in [0.1, 0.15) is 0 Å². The van der Waals surface area contributed by atoms with Gasteiger partial charge in [-0.3, -0.25) is 9.69 Å². The number of carbonyl (C=O) groups excluding carboxylic acids is 1. The molecule has 1 aromatic carbocycles. The minimum absolute atomic E-state index is 0.0454. The number of hydrogen-bond acceptors (Lipinski definition) is 5. The highest BCUT2D eigenvalue weighted by atomic mass is 35.5. The van der Waals surface area contributed by atoms with Crippen LogP contribution in [0.15, 0.2) is 30.5 Å². The number of benzene rings is 1. The molecule has 2 saturated heterocycles. The second-order valence-electron chi connectivity index (χ2n) is 7.16. The molecule has 2 aliphatic heterocycles. The maximum absolute atomic E-state index is 12.7. The van der Waals surface area contributed by atoms with Gasteiger partial charge in [-0.15, -0.1) is 5.10 Å². The number of halogens is 1. The minimum Gasteiger partial charge on any atom is -0.376 e. The Labute approximate surface area is 163 Å². The molecule has 1 unspecified atom stereocenters. The summed E-state index contributed by atoms with van der Waals surface area (Å²) >= 11 is 6.06. The predicted octanol–water partition coefficient (Wildman–Crippen LogP) is 2.07. The van der Waals surface area contributed by atoms with E-state index in [0.717, 1.165) is 44.1 Å². The van der Waals surface area contributed by atoms with Crippen molar-refractivity contribution in [3.63, 3.8) is 0 Å². The van der Waals surface area contributed by atoms with Crippen LogP contribution >= 0.6 is 11.6 Å². The van der Waals surface area contributed by atoms with Gasteiger partial charge >= 0.3 is 0 Å². The Morgan fingerprint density at radius 3 is 2.85 bits per heavy atom. The normalized spacial score (nSPS) is 20.9. The Morgan fingerprint density at radius 2 is 2.11 bits per heavy atom. The van der Waals surface area contributed by atoms with Crippen molar-refractivity contribution in [2.24, 2.45) is 0 Å². The van der Waals surface area contributed by atoms with Crippen molar-refractivity contribution in [3.8, 4) is 0 Å². The predicted molar refractivity (Wildman–Crippen MR) is 102 cm³/mol. The zero-order valence-corrected chi connectivity index (χ0v) is 16.0. The molecule has 0 radical (unpaired) electrons. The first-order valence-corrected chi connectivity index (χ1v) is 9.83. The molecule has 0 saturated carbocycles. The lowest BCUT2D eigenvalue weighted by Gasteiger charge is -2.34. The van der Waals surface area contributed by atoms with Crippen LogP contribution in [0.2, 0.25) is 5.02 Å². The largest absolute Gasteiger partial charge is 0.376 e. The molecule has 0 spiro atoms. The number of rotatable bonds is 5. The van der Waals surface area contributed by atoms with Crippen LogP contribution < -0.4 is 0 Å². The molecule has 27 heavy (non-hydrogen) atoms. The van der Waals surface area contributed by atoms with E-state index in [0.29, 0.717) is 25.3 Å². The van der Waals surface area contributed by atoms with Gasteiger partial charge in [-0.2, -0.15) is 0 Å². The van der Waals surface area contributed by atoms with Crippen molar-refractivity contribution in [2.45, 2.75) is 32.0 Å². The topological polar surface area (TPSA) is 63.5 Å². The average molecular weight is 390 g/mol. The summed E-state index contributed by atoms with van der Waals surface area (Å²) in [5.41, 5.74) is 1.61. The van der Waals surface area contributed by atoms with Gasteiger partial charge < -0.3 is 9.64 Å². The van der Waals surface area contributed by atoms with Crippen LogP contribution in [-0.4, -0.2) is 69.6 Å². The maximum atomic E-state index is 12.7. The summed E-state index contributed by atoms with van der Waals surface area (Å²) in [6.45, 7) is 5.37. The summed E-state index contributed by atoms with van der Waals surface area (Å²) in [5, 5.41) is 8.92. The second-order valence-corrected chi connectivity index (χ2v) is 7.60. The lowest BCUT2D eigenvalue weighted by Crippen LogP contribution is -2.48. The van der Waals surface area contributed by atoms with Crippen LogP contribution in [-0.2, 0) is 17.8 Å². The number of ether oxygens (including phenoxy) is 1. The van der Waals surface area contributed by atoms with Gasteiger partial charge in [-0.1, -0.05) is 28.9 Å². The minimum atomic E-state index is -0.0454. The first-order valence-electron chi connectivity index (χ1n) is 9.45. The van der Waals surface area contributed by atoms with Gasteiger partial charge in [0.05, 0.1) is 18.8 Å². The number of amides is 1. The molecular weight excluding hydrogens is 366 g/mol. The third-order valence-corrected chi connectivity index (χ3v) is 5.36. The fourth-order valence-electron chi connectivity index (χ4n) is 3.65. The van der Waals surface area contributed by atoms with Crippen LogP contribution in [0.1, 0.15) is 28.9 Å². The van der Waals surface area contributed by atoms with Crippen molar-refractivity contribution in [2.75, 3.05) is 32.8 Å². The highest BCUT2D eigenvalue weighted by Crippen LogP contribution is 2.16. The van der Waals surface area contributed by atoms with Gasteiger partial charge in [0.15, 0.2) is 5.69 Å². The van der Waals surface area contributed by atoms with Crippen molar-refractivity contribution in [1.82, 2.24) is 24.8 Å². The van der Waals surface area contributed by atoms with E-state index in [1.165, 1.54) is 5.56 Å². The third-order valence-electron chi connectivity index (χ3n) is 5.13. The van der Waals surface area contributed by atoms with Crippen molar-refractivity contribution >= 4 is 17.5 Å². The fourth-order valence-corrected chi connectivity index (χ4v) is 3.86. The first kappa shape index (κ1) is 18.4. The van der Waals surface area contributed by atoms with Crippen molar-refractivity contribution in [1.29, 1.82) is 0 Å². The zero-order chi connectivity index (χ0) is 18.6. The Kier molecular flexibility index (Phi) is 5.71. The molecule has 2 fully saturated rings. The summed E-state index contributed by atoms with van der Waals surface area (Å²) in [5.74, 6) is -0.0454. The van der Waals surface area contributed by atoms with E-state index in [1.54, 1.807) is 10.9 Å². The van der Waals surface area contributed by atoms with Gasteiger partial charge in [0.25, 0.3) is 5.91 Å². The Balaban J connectivity index is 1.29. The van der Waals surface area contributed by atoms with Gasteiger partial charge in [0, 0.05) is 44.4 Å². The maximum Gasteiger partial charge on any atom is 0.276 e. The van der Waals surface area contributed by atoms with E-state index < -0.39 is 0 Å². The number of piperazine rings is 1. The van der Waals surface area contributed by atoms with Crippen molar-refractivity contribution < 1.29 is 9.53 Å². The van der Waals surface area contributed by atoms with E-state index in [4.69, 9.17) is 16.3 Å². The van der Waals surface area contributed by atoms with Crippen LogP contribution in [0, 0.1) is 0 Å². The molecule has 7 nitrogen and oxygen atoms in total. The Morgan fingerprint density at radius 1 is 1.26 bits per heavy atom. The van der Waals surface area contributed by atoms with Crippen LogP contribution in [0.4, 0.5) is 0 Å². The monoisotopic (exact) mass is 389 g/mol. The SMILES string of the molecule is O=C(c1cn(CC2CCCO2)nn1)N1CCN(Cc2cccc(Cl)c2)CC1. The molecule has 0 aliphatic carbocycles. The zero-order valence-electron chi connectivity index (χ0n) is 15.3. The highest BCUT2D eigenvalue weighted by molar-refractivity contribution is 6.30. The molecule has 144 valence electrons. The van der Waals surface area contributed by atoms with Crippen molar-refractivity contribution in [3.05, 3.63) is 46.7 Å². The molecule has 1 atom stereocenters. The first-order chi connectivity index (χ1) is 13.2. The summed E-state index contributed by atoms with van der Waals surface area (Å²) < 4.78 is 7.33. The fraction of sp³-hybridized carbons (Fsp3) is 0.526. The molecule has 1 aromatic heterocycles. The number of carbonyl (C=O) groups is 1. The Bertz CT molecular complexity index is 782. The van der Waals surface area contributed by atoms with Crippen LogP contribution in [0.25, 0.3) is 0 Å². The van der Waals surface area contributed by atoms with E-state index in [9.17, 15) is 4.79 Å². The molecule has 1 amide bonds. The quantitative estimate of drug-likeness (QED) is 0.783. The summed E-state index contributed by atoms with van der Waals surface area (Å²) in [6.07, 6.45) is 4.05. The summed E-state index contributed by atoms with van der Waals surface area (Å²) in [7, 11) is 0. The van der Waals surface area contributed by atoms with E-state index in [2.05, 4.69) is 21.3 Å². The average Bonchev–Trinajstić information content (AvgIpc) is 3.34. The molecule has 0 N–H and O–H groups in total. The van der Waals surface area contributed by atoms with Crippen LogP contribution in [0.3, 0.4) is 0 Å². The summed E-state index contributed by atoms with van der Waals surface area (Å²) in [6, 6.07) is 7.92. The van der Waals surface area contributed by atoms with E-state index in [-0.39, 0.29) is 12.0 Å². The van der Waals surface area contributed by atoms with Gasteiger partial charge in [-0.25, -0.2) is 4.68 Å². The lowest BCUT2D eigenvalue weighted by atomic mass is 10.2. The lowest BCUT2D eigenvalue weighted by molar-refractivity contribution is 0.0622. The molecular formula is C19H24ClN5O2. The molecule has 2 aliphatic rings. The van der Waals surface area contributed by atoms with Crippen LogP contribution in [0.5, 0.6) is 0 Å². The van der Waals surface area contributed by atoms with E-state index in [1.807, 2.05) is 23.1 Å². The highest BCUT2D eigenvalue weighted by Gasteiger charge is 2.25. The smallest absolute Gasteiger partial charge is 0.276 e. The van der Waals surface area contributed by atoms with Gasteiger partial charge in [-0.05, 0) is 30.5 Å². The number of nitrogens with zero attached hydrogens (tertiary/aromatic N) is 5. The number of aromatic nitrogens is 3. The molecule has 3 heterocycles. The third kappa shape index (κ3) is 4.66.